The molecular weight excluding hydrogens is 268 g/mol. The summed E-state index contributed by atoms with van der Waals surface area (Å²) in [6.45, 7) is 8.43. The highest BCUT2D eigenvalue weighted by Crippen LogP contribution is 2.25. The molecule has 0 aliphatic carbocycles. The summed E-state index contributed by atoms with van der Waals surface area (Å²) in [5, 5.41) is 5.03. The molecule has 0 aromatic carbocycles. The minimum absolute atomic E-state index is 0.462. The van der Waals surface area contributed by atoms with Gasteiger partial charge in [0.2, 0.25) is 10.0 Å². The number of thiophene rings is 1. The molecule has 0 atom stereocenters. The lowest BCUT2D eigenvalue weighted by Gasteiger charge is -2.20. The van der Waals surface area contributed by atoms with E-state index in [1.54, 1.807) is 10.4 Å². The summed E-state index contributed by atoms with van der Waals surface area (Å²) in [5.41, 5.74) is 0. The Kier molecular flexibility index (Phi) is 6.28. The van der Waals surface area contributed by atoms with Gasteiger partial charge in [-0.15, -0.1) is 11.3 Å². The average Bonchev–Trinajstić information content (AvgIpc) is 2.82. The minimum Gasteiger partial charge on any atom is -0.312 e. The first-order chi connectivity index (χ1) is 8.57. The Balaban J connectivity index is 3.00. The first kappa shape index (κ1) is 15.6. The molecule has 0 spiro atoms. The number of hydrogen-bond acceptors (Lipinski definition) is 4. The fraction of sp³-hybridized carbons (Fsp3) is 0.667. The molecule has 0 saturated heterocycles. The molecule has 0 radical (unpaired) electrons. The average molecular weight is 290 g/mol. The molecule has 0 aliphatic heterocycles. The van der Waals surface area contributed by atoms with Gasteiger partial charge in [0.25, 0.3) is 0 Å². The Hall–Kier alpha value is -0.430. The van der Waals surface area contributed by atoms with Crippen LogP contribution in [0.15, 0.2) is 16.3 Å². The topological polar surface area (TPSA) is 49.4 Å². The molecule has 1 aromatic rings. The van der Waals surface area contributed by atoms with Crippen LogP contribution < -0.4 is 5.32 Å². The second kappa shape index (κ2) is 7.23. The smallest absolute Gasteiger partial charge is 0.244 e. The predicted molar refractivity (Wildman–Crippen MR) is 76.4 cm³/mol. The van der Waals surface area contributed by atoms with Gasteiger partial charge in [0, 0.05) is 24.5 Å². The summed E-state index contributed by atoms with van der Waals surface area (Å²) in [5.74, 6) is 0. The quantitative estimate of drug-likeness (QED) is 0.799. The Morgan fingerprint density at radius 2 is 2.06 bits per heavy atom. The van der Waals surface area contributed by atoms with Crippen LogP contribution in [0.5, 0.6) is 0 Å². The predicted octanol–water partition coefficient (Wildman–Crippen LogP) is 2.28. The van der Waals surface area contributed by atoms with Gasteiger partial charge in [0.05, 0.1) is 4.90 Å². The van der Waals surface area contributed by atoms with E-state index < -0.39 is 10.0 Å². The van der Waals surface area contributed by atoms with Crippen LogP contribution >= 0.6 is 11.3 Å². The molecule has 1 aromatic heterocycles. The number of hydrogen-bond donors (Lipinski definition) is 1. The van der Waals surface area contributed by atoms with Crippen molar-refractivity contribution < 1.29 is 8.42 Å². The van der Waals surface area contributed by atoms with Gasteiger partial charge in [-0.2, -0.15) is 4.31 Å². The van der Waals surface area contributed by atoms with E-state index in [9.17, 15) is 8.42 Å². The monoisotopic (exact) mass is 290 g/mol. The van der Waals surface area contributed by atoms with E-state index in [1.165, 1.54) is 11.3 Å². The van der Waals surface area contributed by atoms with Crippen molar-refractivity contribution in [3.05, 3.63) is 16.3 Å². The van der Waals surface area contributed by atoms with Crippen molar-refractivity contribution in [3.8, 4) is 0 Å². The highest BCUT2D eigenvalue weighted by Gasteiger charge is 2.25. The Bertz CT molecular complexity index is 454. The lowest BCUT2D eigenvalue weighted by molar-refractivity contribution is 0.426. The molecule has 0 bridgehead atoms. The van der Waals surface area contributed by atoms with Crippen LogP contribution in [-0.2, 0) is 16.6 Å². The molecule has 18 heavy (non-hydrogen) atoms. The van der Waals surface area contributed by atoms with E-state index >= 15 is 0 Å². The fourth-order valence-electron chi connectivity index (χ4n) is 1.76. The van der Waals surface area contributed by atoms with E-state index in [-0.39, 0.29) is 0 Å². The summed E-state index contributed by atoms with van der Waals surface area (Å²) >= 11 is 1.49. The first-order valence-corrected chi connectivity index (χ1v) is 8.67. The first-order valence-electron chi connectivity index (χ1n) is 6.35. The van der Waals surface area contributed by atoms with Crippen molar-refractivity contribution in [2.75, 3.05) is 19.6 Å². The third-order valence-electron chi connectivity index (χ3n) is 2.68. The van der Waals surface area contributed by atoms with Gasteiger partial charge in [0.1, 0.15) is 0 Å². The highest BCUT2D eigenvalue weighted by atomic mass is 32.2. The van der Waals surface area contributed by atoms with E-state index in [4.69, 9.17) is 0 Å². The van der Waals surface area contributed by atoms with Gasteiger partial charge in [-0.25, -0.2) is 8.42 Å². The summed E-state index contributed by atoms with van der Waals surface area (Å²) in [4.78, 5) is 1.36. The number of nitrogens with zero attached hydrogens (tertiary/aromatic N) is 1. The standard InChI is InChI=1S/C12H22N2O2S2/c1-4-8-14(6-3)18(15,16)12-7-9-17-11(12)10-13-5-2/h7,9,13H,4-6,8,10H2,1-3H3. The van der Waals surface area contributed by atoms with Crippen molar-refractivity contribution in [1.29, 1.82) is 0 Å². The Morgan fingerprint density at radius 3 is 2.61 bits per heavy atom. The van der Waals surface area contributed by atoms with Crippen LogP contribution in [0.2, 0.25) is 0 Å². The number of rotatable bonds is 8. The molecule has 4 nitrogen and oxygen atoms in total. The molecule has 0 saturated carbocycles. The van der Waals surface area contributed by atoms with E-state index in [1.807, 2.05) is 26.2 Å². The molecule has 0 aliphatic rings. The van der Waals surface area contributed by atoms with Crippen LogP contribution in [0.1, 0.15) is 32.1 Å². The molecule has 1 rings (SSSR count). The second-order valence-corrected chi connectivity index (χ2v) is 6.89. The summed E-state index contributed by atoms with van der Waals surface area (Å²) in [6.07, 6.45) is 0.833. The molecule has 0 amide bonds. The summed E-state index contributed by atoms with van der Waals surface area (Å²) in [7, 11) is -3.33. The van der Waals surface area contributed by atoms with Crippen molar-refractivity contribution in [2.45, 2.75) is 38.6 Å². The van der Waals surface area contributed by atoms with Crippen LogP contribution in [0.3, 0.4) is 0 Å². The Labute approximate surface area is 114 Å². The maximum atomic E-state index is 12.5. The van der Waals surface area contributed by atoms with Crippen LogP contribution in [-0.4, -0.2) is 32.4 Å². The Morgan fingerprint density at radius 1 is 1.33 bits per heavy atom. The molecule has 1 heterocycles. The minimum atomic E-state index is -3.33. The summed E-state index contributed by atoms with van der Waals surface area (Å²) < 4.78 is 26.6. The zero-order chi connectivity index (χ0) is 13.6. The SMILES string of the molecule is CCCN(CC)S(=O)(=O)c1ccsc1CNCC. The van der Waals surface area contributed by atoms with Gasteiger partial charge >= 0.3 is 0 Å². The molecular formula is C12H22N2O2S2. The lowest BCUT2D eigenvalue weighted by Crippen LogP contribution is -2.32. The second-order valence-electron chi connectivity index (χ2n) is 3.99. The third-order valence-corrected chi connectivity index (χ3v) is 5.79. The van der Waals surface area contributed by atoms with Crippen LogP contribution in [0, 0.1) is 0 Å². The van der Waals surface area contributed by atoms with Crippen LogP contribution in [0.25, 0.3) is 0 Å². The van der Waals surface area contributed by atoms with E-state index in [0.29, 0.717) is 24.5 Å². The van der Waals surface area contributed by atoms with Crippen molar-refractivity contribution >= 4 is 21.4 Å². The summed E-state index contributed by atoms with van der Waals surface area (Å²) in [6, 6.07) is 1.71. The zero-order valence-corrected chi connectivity index (χ0v) is 12.9. The molecule has 0 unspecified atom stereocenters. The largest absolute Gasteiger partial charge is 0.312 e. The van der Waals surface area contributed by atoms with Gasteiger partial charge in [0.15, 0.2) is 0 Å². The fourth-order valence-corrected chi connectivity index (χ4v) is 4.69. The maximum absolute atomic E-state index is 12.5. The maximum Gasteiger partial charge on any atom is 0.244 e. The lowest BCUT2D eigenvalue weighted by atomic mass is 10.4. The third kappa shape index (κ3) is 3.54. The van der Waals surface area contributed by atoms with Gasteiger partial charge in [-0.1, -0.05) is 20.8 Å². The van der Waals surface area contributed by atoms with Crippen LogP contribution in [0.4, 0.5) is 0 Å². The number of nitrogens with one attached hydrogen (secondary N) is 1. The zero-order valence-electron chi connectivity index (χ0n) is 11.3. The number of sulfonamides is 1. The normalized spacial score (nSPS) is 12.2. The van der Waals surface area contributed by atoms with E-state index in [2.05, 4.69) is 5.32 Å². The van der Waals surface area contributed by atoms with Crippen molar-refractivity contribution in [3.63, 3.8) is 0 Å². The molecule has 6 heteroatoms. The highest BCUT2D eigenvalue weighted by molar-refractivity contribution is 7.89. The van der Waals surface area contributed by atoms with Crippen molar-refractivity contribution in [2.24, 2.45) is 0 Å². The van der Waals surface area contributed by atoms with Gasteiger partial charge in [-0.05, 0) is 24.4 Å². The molecule has 0 fully saturated rings. The van der Waals surface area contributed by atoms with E-state index in [0.717, 1.165) is 17.8 Å². The molecule has 104 valence electrons. The van der Waals surface area contributed by atoms with Gasteiger partial charge in [-0.3, -0.25) is 0 Å². The van der Waals surface area contributed by atoms with Gasteiger partial charge < -0.3 is 5.32 Å². The van der Waals surface area contributed by atoms with Crippen molar-refractivity contribution in [1.82, 2.24) is 9.62 Å². The molecule has 1 N–H and O–H groups in total.